The Labute approximate surface area is 53.7 Å². The molecule has 0 spiro atoms. The summed E-state index contributed by atoms with van der Waals surface area (Å²) in [5, 5.41) is 11.8. The van der Waals surface area contributed by atoms with Gasteiger partial charge in [-0.15, -0.1) is 11.8 Å². The van der Waals surface area contributed by atoms with Crippen molar-refractivity contribution in [2.75, 3.05) is 18.2 Å². The normalized spacial score (nSPS) is 30.4. The summed E-state index contributed by atoms with van der Waals surface area (Å²) in [7, 11) is 0. The number of aliphatic hydroxyl groups excluding tert-OH is 1. The van der Waals surface area contributed by atoms with Crippen molar-refractivity contribution in [3.05, 3.63) is 0 Å². The standard InChI is InChI=1S/C5H11NOS/c7-3-5-1-2-8-4-6-5/h5-7H,1-4H2/t5-/m1/s1. The summed E-state index contributed by atoms with van der Waals surface area (Å²) in [5.74, 6) is 2.20. The topological polar surface area (TPSA) is 32.3 Å². The van der Waals surface area contributed by atoms with Crippen LogP contribution in [0.5, 0.6) is 0 Å². The zero-order valence-corrected chi connectivity index (χ0v) is 5.58. The van der Waals surface area contributed by atoms with Gasteiger partial charge in [0, 0.05) is 11.9 Å². The smallest absolute Gasteiger partial charge is 0.0585 e. The Morgan fingerprint density at radius 1 is 1.75 bits per heavy atom. The highest BCUT2D eigenvalue weighted by atomic mass is 32.2. The van der Waals surface area contributed by atoms with Crippen LogP contribution in [0.2, 0.25) is 0 Å². The van der Waals surface area contributed by atoms with Crippen molar-refractivity contribution in [3.8, 4) is 0 Å². The van der Waals surface area contributed by atoms with Crippen LogP contribution in [0.15, 0.2) is 0 Å². The van der Waals surface area contributed by atoms with Gasteiger partial charge < -0.3 is 10.4 Å². The van der Waals surface area contributed by atoms with Gasteiger partial charge in [-0.05, 0) is 12.2 Å². The minimum absolute atomic E-state index is 0.292. The Hall–Kier alpha value is 0.270. The molecule has 1 aliphatic heterocycles. The molecule has 0 aromatic heterocycles. The average Bonchev–Trinajstić information content (AvgIpc) is 1.90. The third-order valence-electron chi connectivity index (χ3n) is 1.31. The molecule has 0 aromatic rings. The molecule has 2 N–H and O–H groups in total. The van der Waals surface area contributed by atoms with Crippen molar-refractivity contribution in [2.24, 2.45) is 0 Å². The first-order chi connectivity index (χ1) is 3.93. The van der Waals surface area contributed by atoms with E-state index in [0.717, 1.165) is 12.3 Å². The lowest BCUT2D eigenvalue weighted by atomic mass is 10.2. The Morgan fingerprint density at radius 3 is 3.00 bits per heavy atom. The lowest BCUT2D eigenvalue weighted by Gasteiger charge is -2.20. The minimum atomic E-state index is 0.292. The van der Waals surface area contributed by atoms with Crippen LogP contribution in [0.4, 0.5) is 0 Å². The van der Waals surface area contributed by atoms with Crippen LogP contribution in [0.1, 0.15) is 6.42 Å². The first kappa shape index (κ1) is 6.39. The van der Waals surface area contributed by atoms with Crippen LogP contribution < -0.4 is 5.32 Å². The van der Waals surface area contributed by atoms with E-state index in [9.17, 15) is 0 Å². The molecule has 0 aromatic carbocycles. The number of rotatable bonds is 1. The molecule has 1 heterocycles. The SMILES string of the molecule is OC[C@H]1CCSCN1. The second kappa shape index (κ2) is 3.33. The molecule has 1 rings (SSSR count). The van der Waals surface area contributed by atoms with E-state index < -0.39 is 0 Å². The second-order valence-corrected chi connectivity index (χ2v) is 3.03. The van der Waals surface area contributed by atoms with Gasteiger partial charge in [0.15, 0.2) is 0 Å². The molecule has 1 saturated heterocycles. The molecule has 0 unspecified atom stereocenters. The highest BCUT2D eigenvalue weighted by Crippen LogP contribution is 2.08. The van der Waals surface area contributed by atoms with Crippen molar-refractivity contribution in [1.82, 2.24) is 5.32 Å². The van der Waals surface area contributed by atoms with Crippen molar-refractivity contribution in [2.45, 2.75) is 12.5 Å². The van der Waals surface area contributed by atoms with Gasteiger partial charge in [-0.1, -0.05) is 0 Å². The highest BCUT2D eigenvalue weighted by Gasteiger charge is 2.09. The quantitative estimate of drug-likeness (QED) is 0.529. The second-order valence-electron chi connectivity index (χ2n) is 1.92. The Morgan fingerprint density at radius 2 is 2.62 bits per heavy atom. The van der Waals surface area contributed by atoms with Gasteiger partial charge in [0.1, 0.15) is 0 Å². The number of hydrogen-bond donors (Lipinski definition) is 2. The summed E-state index contributed by atoms with van der Waals surface area (Å²) in [4.78, 5) is 0. The van der Waals surface area contributed by atoms with Gasteiger partial charge in [-0.25, -0.2) is 0 Å². The molecule has 8 heavy (non-hydrogen) atoms. The molecule has 0 radical (unpaired) electrons. The van der Waals surface area contributed by atoms with Crippen LogP contribution in [-0.2, 0) is 0 Å². The van der Waals surface area contributed by atoms with Crippen LogP contribution >= 0.6 is 11.8 Å². The van der Waals surface area contributed by atoms with Gasteiger partial charge in [-0.2, -0.15) is 0 Å². The zero-order valence-electron chi connectivity index (χ0n) is 4.76. The number of aliphatic hydroxyl groups is 1. The van der Waals surface area contributed by atoms with Crippen LogP contribution in [0.25, 0.3) is 0 Å². The Balaban J connectivity index is 2.13. The van der Waals surface area contributed by atoms with E-state index in [2.05, 4.69) is 5.32 Å². The number of thioether (sulfide) groups is 1. The van der Waals surface area contributed by atoms with Crippen molar-refractivity contribution < 1.29 is 5.11 Å². The molecule has 3 heteroatoms. The molecule has 1 atom stereocenters. The summed E-state index contributed by atoms with van der Waals surface area (Å²) in [5.41, 5.74) is 0. The van der Waals surface area contributed by atoms with Crippen LogP contribution in [0, 0.1) is 0 Å². The third-order valence-corrected chi connectivity index (χ3v) is 2.20. The average molecular weight is 133 g/mol. The predicted octanol–water partition coefficient (Wildman–Crippen LogP) is 0.0313. The number of nitrogens with one attached hydrogen (secondary N) is 1. The van der Waals surface area contributed by atoms with Gasteiger partial charge in [-0.3, -0.25) is 0 Å². The maximum Gasteiger partial charge on any atom is 0.0585 e. The number of hydrogen-bond acceptors (Lipinski definition) is 3. The van der Waals surface area contributed by atoms with E-state index in [4.69, 9.17) is 5.11 Å². The fourth-order valence-electron chi connectivity index (χ4n) is 0.732. The first-order valence-corrected chi connectivity index (χ1v) is 4.01. The van der Waals surface area contributed by atoms with E-state index in [1.165, 1.54) is 5.75 Å². The molecule has 48 valence electrons. The highest BCUT2D eigenvalue weighted by molar-refractivity contribution is 7.99. The van der Waals surface area contributed by atoms with E-state index >= 15 is 0 Å². The monoisotopic (exact) mass is 133 g/mol. The van der Waals surface area contributed by atoms with E-state index in [-0.39, 0.29) is 0 Å². The molecule has 0 amide bonds. The molecule has 2 nitrogen and oxygen atoms in total. The van der Waals surface area contributed by atoms with Crippen LogP contribution in [-0.4, -0.2) is 29.4 Å². The molecule has 0 bridgehead atoms. The molecule has 0 saturated carbocycles. The zero-order chi connectivity index (χ0) is 5.82. The molecule has 1 fully saturated rings. The maximum atomic E-state index is 8.62. The predicted molar refractivity (Wildman–Crippen MR) is 36.0 cm³/mol. The van der Waals surface area contributed by atoms with Gasteiger partial charge in [0.25, 0.3) is 0 Å². The largest absolute Gasteiger partial charge is 0.395 e. The van der Waals surface area contributed by atoms with Gasteiger partial charge >= 0.3 is 0 Å². The third kappa shape index (κ3) is 1.65. The first-order valence-electron chi connectivity index (χ1n) is 2.85. The van der Waals surface area contributed by atoms with Crippen molar-refractivity contribution in [1.29, 1.82) is 0 Å². The summed E-state index contributed by atoms with van der Waals surface area (Å²) < 4.78 is 0. The maximum absolute atomic E-state index is 8.62. The molecular formula is C5H11NOS. The van der Waals surface area contributed by atoms with Gasteiger partial charge in [0.2, 0.25) is 0 Å². The van der Waals surface area contributed by atoms with Crippen molar-refractivity contribution in [3.63, 3.8) is 0 Å². The van der Waals surface area contributed by atoms with Crippen molar-refractivity contribution >= 4 is 11.8 Å². The Bertz CT molecular complexity index is 63.4. The summed E-state index contributed by atoms with van der Waals surface area (Å²) >= 11 is 1.89. The van der Waals surface area contributed by atoms with Gasteiger partial charge in [0.05, 0.1) is 6.61 Å². The fraction of sp³-hybridized carbons (Fsp3) is 1.00. The van der Waals surface area contributed by atoms with E-state index in [0.29, 0.717) is 12.6 Å². The lowest BCUT2D eigenvalue weighted by Crippen LogP contribution is -2.36. The molecule has 1 aliphatic rings. The minimum Gasteiger partial charge on any atom is -0.395 e. The molecular weight excluding hydrogens is 122 g/mol. The van der Waals surface area contributed by atoms with E-state index in [1.54, 1.807) is 0 Å². The molecule has 0 aliphatic carbocycles. The Kier molecular flexibility index (Phi) is 2.66. The summed E-state index contributed by atoms with van der Waals surface area (Å²) in [6.07, 6.45) is 1.11. The van der Waals surface area contributed by atoms with E-state index in [1.807, 2.05) is 11.8 Å². The fourth-order valence-corrected chi connectivity index (χ4v) is 1.68. The lowest BCUT2D eigenvalue weighted by molar-refractivity contribution is 0.243. The van der Waals surface area contributed by atoms with Crippen LogP contribution in [0.3, 0.4) is 0 Å². The summed E-state index contributed by atoms with van der Waals surface area (Å²) in [6, 6.07) is 0.372. The summed E-state index contributed by atoms with van der Waals surface area (Å²) in [6.45, 7) is 0.292.